The Morgan fingerprint density at radius 1 is 1.39 bits per heavy atom. The molecule has 1 N–H and O–H groups in total. The minimum atomic E-state index is -0.102. The highest BCUT2D eigenvalue weighted by molar-refractivity contribution is 5.79. The highest BCUT2D eigenvalue weighted by atomic mass is 16.1. The van der Waals surface area contributed by atoms with Gasteiger partial charge >= 0.3 is 0 Å². The predicted molar refractivity (Wildman–Crippen MR) is 77.8 cm³/mol. The molecule has 0 atom stereocenters. The standard InChI is InChI=1S/C13H14N2O.C2H6/c1-4-9(3)12-14-11-7-8(2)5-6-10(11)13(16)15-12;1-2/h5-7H,3-4H2,1-2H3,(H,14,15,16);1-2H3. The zero-order valence-electron chi connectivity index (χ0n) is 11.5. The van der Waals surface area contributed by atoms with Crippen molar-refractivity contribution < 1.29 is 0 Å². The monoisotopic (exact) mass is 244 g/mol. The Kier molecular flexibility index (Phi) is 4.84. The van der Waals surface area contributed by atoms with Crippen molar-refractivity contribution in [3.05, 3.63) is 46.5 Å². The maximum Gasteiger partial charge on any atom is 0.259 e. The van der Waals surface area contributed by atoms with Gasteiger partial charge in [0, 0.05) is 0 Å². The number of hydrogen-bond donors (Lipinski definition) is 1. The molecular formula is C15H20N2O. The third-order valence-corrected chi connectivity index (χ3v) is 2.62. The first-order valence-corrected chi connectivity index (χ1v) is 6.30. The molecule has 0 aliphatic carbocycles. The van der Waals surface area contributed by atoms with E-state index in [1.165, 1.54) is 0 Å². The van der Waals surface area contributed by atoms with Crippen LogP contribution in [0.2, 0.25) is 0 Å². The molecule has 0 aliphatic heterocycles. The Labute approximate surface area is 108 Å². The van der Waals surface area contributed by atoms with Crippen LogP contribution in [0.15, 0.2) is 29.6 Å². The molecule has 1 aromatic carbocycles. The number of nitrogens with zero attached hydrogens (tertiary/aromatic N) is 1. The van der Waals surface area contributed by atoms with Crippen LogP contribution in [-0.2, 0) is 0 Å². The van der Waals surface area contributed by atoms with Crippen LogP contribution in [0.25, 0.3) is 16.5 Å². The molecule has 2 rings (SSSR count). The maximum atomic E-state index is 11.8. The lowest BCUT2D eigenvalue weighted by Crippen LogP contribution is -2.11. The molecule has 18 heavy (non-hydrogen) atoms. The molecule has 0 saturated heterocycles. The zero-order valence-corrected chi connectivity index (χ0v) is 11.5. The van der Waals surface area contributed by atoms with Crippen LogP contribution in [0.5, 0.6) is 0 Å². The minimum Gasteiger partial charge on any atom is -0.306 e. The largest absolute Gasteiger partial charge is 0.306 e. The molecule has 0 unspecified atom stereocenters. The van der Waals surface area contributed by atoms with Crippen molar-refractivity contribution in [1.29, 1.82) is 0 Å². The number of fused-ring (bicyclic) bond motifs is 1. The average Bonchev–Trinajstić information content (AvgIpc) is 2.39. The van der Waals surface area contributed by atoms with Crippen LogP contribution < -0.4 is 5.56 Å². The van der Waals surface area contributed by atoms with Gasteiger partial charge in [-0.1, -0.05) is 33.4 Å². The fraction of sp³-hybridized carbons (Fsp3) is 0.333. The van der Waals surface area contributed by atoms with E-state index in [-0.39, 0.29) is 5.56 Å². The molecule has 3 heteroatoms. The summed E-state index contributed by atoms with van der Waals surface area (Å²) in [5, 5.41) is 0.623. The number of aromatic amines is 1. The van der Waals surface area contributed by atoms with E-state index >= 15 is 0 Å². The van der Waals surface area contributed by atoms with Gasteiger partial charge in [0.05, 0.1) is 10.9 Å². The Morgan fingerprint density at radius 3 is 2.67 bits per heavy atom. The molecule has 0 aliphatic rings. The van der Waals surface area contributed by atoms with Crippen molar-refractivity contribution in [2.45, 2.75) is 34.1 Å². The quantitative estimate of drug-likeness (QED) is 0.875. The van der Waals surface area contributed by atoms with E-state index in [1.54, 1.807) is 6.07 Å². The van der Waals surface area contributed by atoms with E-state index in [4.69, 9.17) is 0 Å². The van der Waals surface area contributed by atoms with E-state index in [0.29, 0.717) is 11.2 Å². The summed E-state index contributed by atoms with van der Waals surface area (Å²) in [5.41, 5.74) is 2.57. The van der Waals surface area contributed by atoms with Crippen LogP contribution in [0.1, 0.15) is 38.6 Å². The van der Waals surface area contributed by atoms with Crippen molar-refractivity contribution in [2.24, 2.45) is 0 Å². The maximum absolute atomic E-state index is 11.8. The van der Waals surface area contributed by atoms with Gasteiger partial charge in [-0.3, -0.25) is 4.79 Å². The van der Waals surface area contributed by atoms with E-state index in [2.05, 4.69) is 16.5 Å². The molecule has 1 aromatic heterocycles. The van der Waals surface area contributed by atoms with Crippen LogP contribution in [0.3, 0.4) is 0 Å². The lowest BCUT2D eigenvalue weighted by molar-refractivity contribution is 1.08. The SMILES string of the molecule is C=C(CC)c1nc2cc(C)ccc2c(=O)[nH]1.CC. The second-order valence-electron chi connectivity index (χ2n) is 3.89. The fourth-order valence-electron chi connectivity index (χ4n) is 1.58. The number of allylic oxidation sites excluding steroid dienone is 1. The van der Waals surface area contributed by atoms with Gasteiger partial charge in [-0.25, -0.2) is 4.98 Å². The molecule has 3 nitrogen and oxygen atoms in total. The van der Waals surface area contributed by atoms with E-state index in [0.717, 1.165) is 23.1 Å². The normalized spacial score (nSPS) is 9.78. The minimum absolute atomic E-state index is 0.102. The van der Waals surface area contributed by atoms with Gasteiger partial charge in [0.25, 0.3) is 5.56 Å². The Balaban J connectivity index is 0.000000771. The summed E-state index contributed by atoms with van der Waals surface area (Å²) in [6.45, 7) is 11.9. The number of aromatic nitrogens is 2. The Hall–Kier alpha value is -1.90. The first kappa shape index (κ1) is 14.2. The van der Waals surface area contributed by atoms with E-state index in [9.17, 15) is 4.79 Å². The van der Waals surface area contributed by atoms with Gasteiger partial charge in [0.2, 0.25) is 0 Å². The molecule has 2 aromatic rings. The first-order chi connectivity index (χ1) is 8.61. The summed E-state index contributed by atoms with van der Waals surface area (Å²) in [6, 6.07) is 5.62. The highest BCUT2D eigenvalue weighted by Gasteiger charge is 2.05. The van der Waals surface area contributed by atoms with Gasteiger partial charge < -0.3 is 4.98 Å². The topological polar surface area (TPSA) is 45.8 Å². The van der Waals surface area contributed by atoms with Crippen LogP contribution in [0.4, 0.5) is 0 Å². The van der Waals surface area contributed by atoms with Gasteiger partial charge in [0.15, 0.2) is 0 Å². The molecule has 0 bridgehead atoms. The number of nitrogens with one attached hydrogen (secondary N) is 1. The number of benzene rings is 1. The van der Waals surface area contributed by atoms with Crippen molar-refractivity contribution in [3.8, 4) is 0 Å². The van der Waals surface area contributed by atoms with Crippen molar-refractivity contribution in [3.63, 3.8) is 0 Å². The van der Waals surface area contributed by atoms with Gasteiger partial charge in [-0.05, 0) is 36.6 Å². The summed E-state index contributed by atoms with van der Waals surface area (Å²) >= 11 is 0. The number of hydrogen-bond acceptors (Lipinski definition) is 2. The molecule has 0 amide bonds. The third kappa shape index (κ3) is 2.86. The highest BCUT2D eigenvalue weighted by Crippen LogP contribution is 2.14. The molecule has 0 radical (unpaired) electrons. The molecule has 0 spiro atoms. The Morgan fingerprint density at radius 2 is 2.06 bits per heavy atom. The summed E-state index contributed by atoms with van der Waals surface area (Å²) in [4.78, 5) is 19.0. The lowest BCUT2D eigenvalue weighted by atomic mass is 10.1. The van der Waals surface area contributed by atoms with E-state index in [1.807, 2.05) is 39.8 Å². The first-order valence-electron chi connectivity index (χ1n) is 6.30. The number of H-pyrrole nitrogens is 1. The number of rotatable bonds is 2. The second kappa shape index (κ2) is 6.15. The van der Waals surface area contributed by atoms with Crippen molar-refractivity contribution >= 4 is 16.5 Å². The van der Waals surface area contributed by atoms with Gasteiger partial charge in [0.1, 0.15) is 5.82 Å². The molecule has 96 valence electrons. The van der Waals surface area contributed by atoms with Gasteiger partial charge in [-0.2, -0.15) is 0 Å². The summed E-state index contributed by atoms with van der Waals surface area (Å²) in [5.74, 6) is 0.589. The fourth-order valence-corrected chi connectivity index (χ4v) is 1.58. The molecule has 0 fully saturated rings. The van der Waals surface area contributed by atoms with Crippen molar-refractivity contribution in [2.75, 3.05) is 0 Å². The van der Waals surface area contributed by atoms with Crippen LogP contribution in [-0.4, -0.2) is 9.97 Å². The van der Waals surface area contributed by atoms with Crippen molar-refractivity contribution in [1.82, 2.24) is 9.97 Å². The zero-order chi connectivity index (χ0) is 13.7. The third-order valence-electron chi connectivity index (χ3n) is 2.62. The summed E-state index contributed by atoms with van der Waals surface area (Å²) < 4.78 is 0. The predicted octanol–water partition coefficient (Wildman–Crippen LogP) is 3.68. The molecule has 1 heterocycles. The van der Waals surface area contributed by atoms with Crippen LogP contribution in [0, 0.1) is 6.92 Å². The summed E-state index contributed by atoms with van der Waals surface area (Å²) in [6.07, 6.45) is 0.778. The smallest absolute Gasteiger partial charge is 0.259 e. The second-order valence-corrected chi connectivity index (χ2v) is 3.89. The molecule has 0 saturated carbocycles. The van der Waals surface area contributed by atoms with E-state index < -0.39 is 0 Å². The molecular weight excluding hydrogens is 224 g/mol. The van der Waals surface area contributed by atoms with Crippen LogP contribution >= 0.6 is 0 Å². The number of aryl methyl sites for hydroxylation is 1. The van der Waals surface area contributed by atoms with Gasteiger partial charge in [-0.15, -0.1) is 0 Å². The lowest BCUT2D eigenvalue weighted by Gasteiger charge is -2.04. The summed E-state index contributed by atoms with van der Waals surface area (Å²) in [7, 11) is 0. The Bertz CT molecular complexity index is 611. The average molecular weight is 244 g/mol.